The molecule has 0 radical (unpaired) electrons. The van der Waals surface area contributed by atoms with E-state index >= 15 is 0 Å². The fourth-order valence-electron chi connectivity index (χ4n) is 2.67. The predicted molar refractivity (Wildman–Crippen MR) is 88.3 cm³/mol. The second-order valence-corrected chi connectivity index (χ2v) is 5.67. The zero-order valence-corrected chi connectivity index (χ0v) is 13.5. The van der Waals surface area contributed by atoms with Crippen LogP contribution in [0.3, 0.4) is 0 Å². The Bertz CT molecular complexity index is 1150. The van der Waals surface area contributed by atoms with Crippen LogP contribution in [0.4, 0.5) is 0 Å². The topological polar surface area (TPSA) is 92.5 Å². The molecule has 3 aromatic rings. The van der Waals surface area contributed by atoms with Crippen LogP contribution in [0.2, 0.25) is 0 Å². The van der Waals surface area contributed by atoms with Crippen LogP contribution in [0.25, 0.3) is 16.7 Å². The average Bonchev–Trinajstić information content (AvgIpc) is 2.53. The number of hydrogen-bond donors (Lipinski definition) is 0. The highest BCUT2D eigenvalue weighted by Gasteiger charge is 2.15. The number of rotatable bonds is 1. The van der Waals surface area contributed by atoms with E-state index in [1.165, 1.54) is 17.4 Å². The monoisotopic (exact) mass is 321 g/mol. The number of carbonyl (C=O) groups is 1. The van der Waals surface area contributed by atoms with Crippen molar-refractivity contribution < 1.29 is 4.79 Å². The minimum atomic E-state index is -0.419. The molecule has 0 fully saturated rings. The van der Waals surface area contributed by atoms with Gasteiger partial charge < -0.3 is 4.57 Å². The fraction of sp³-hybridized carbons (Fsp3) is 0.235. The molecule has 0 N–H and O–H groups in total. The Morgan fingerprint density at radius 1 is 1.38 bits per heavy atom. The molecule has 0 saturated carbocycles. The average molecular weight is 321 g/mol. The summed E-state index contributed by atoms with van der Waals surface area (Å²) in [6.45, 7) is 5.08. The van der Waals surface area contributed by atoms with E-state index in [1.54, 1.807) is 29.0 Å². The van der Waals surface area contributed by atoms with Crippen LogP contribution in [0, 0.1) is 11.3 Å². The first-order chi connectivity index (χ1) is 11.4. The highest BCUT2D eigenvalue weighted by atomic mass is 16.1. The Morgan fingerprint density at radius 2 is 2.12 bits per heavy atom. The predicted octanol–water partition coefficient (Wildman–Crippen LogP) is 1.55. The van der Waals surface area contributed by atoms with Crippen molar-refractivity contribution in [2.45, 2.75) is 26.8 Å². The highest BCUT2D eigenvalue weighted by molar-refractivity contribution is 5.79. The van der Waals surface area contributed by atoms with Crippen LogP contribution in [-0.4, -0.2) is 19.9 Å². The van der Waals surface area contributed by atoms with Crippen LogP contribution in [0.5, 0.6) is 0 Å². The SMILES string of the molecule is CC(=O)N=c1c(C#N)cc2c(=O)n3ccccc3nc2n1C(C)C. The van der Waals surface area contributed by atoms with Gasteiger partial charge in [-0.15, -0.1) is 0 Å². The van der Waals surface area contributed by atoms with E-state index < -0.39 is 5.91 Å². The molecule has 0 saturated heterocycles. The largest absolute Gasteiger partial charge is 0.307 e. The van der Waals surface area contributed by atoms with Crippen molar-refractivity contribution in [1.29, 1.82) is 5.26 Å². The van der Waals surface area contributed by atoms with Gasteiger partial charge in [-0.05, 0) is 32.0 Å². The quantitative estimate of drug-likeness (QED) is 0.636. The molecule has 0 aromatic carbocycles. The lowest BCUT2D eigenvalue weighted by atomic mass is 10.2. The second-order valence-electron chi connectivity index (χ2n) is 5.67. The molecule has 0 aliphatic carbocycles. The van der Waals surface area contributed by atoms with Gasteiger partial charge in [0.1, 0.15) is 17.4 Å². The lowest BCUT2D eigenvalue weighted by Gasteiger charge is -2.16. The maximum absolute atomic E-state index is 12.8. The van der Waals surface area contributed by atoms with Crippen molar-refractivity contribution in [1.82, 2.24) is 14.0 Å². The summed E-state index contributed by atoms with van der Waals surface area (Å²) in [5.41, 5.74) is 1.01. The van der Waals surface area contributed by atoms with Gasteiger partial charge in [-0.25, -0.2) is 4.98 Å². The third-order valence-corrected chi connectivity index (χ3v) is 3.64. The molecule has 0 unspecified atom stereocenters. The molecular weight excluding hydrogens is 306 g/mol. The molecule has 120 valence electrons. The van der Waals surface area contributed by atoms with Crippen LogP contribution < -0.4 is 11.0 Å². The van der Waals surface area contributed by atoms with E-state index in [0.29, 0.717) is 16.7 Å². The molecule has 7 heteroatoms. The summed E-state index contributed by atoms with van der Waals surface area (Å²) in [5.74, 6) is -0.419. The lowest BCUT2D eigenvalue weighted by molar-refractivity contribution is -0.116. The minimum absolute atomic E-state index is 0.142. The van der Waals surface area contributed by atoms with E-state index in [-0.39, 0.29) is 22.7 Å². The molecule has 0 aliphatic heterocycles. The summed E-state index contributed by atoms with van der Waals surface area (Å²) in [6.07, 6.45) is 1.63. The molecule has 3 rings (SSSR count). The van der Waals surface area contributed by atoms with E-state index in [4.69, 9.17) is 0 Å². The molecular formula is C17H15N5O2. The van der Waals surface area contributed by atoms with E-state index in [1.807, 2.05) is 19.9 Å². The number of fused-ring (bicyclic) bond motifs is 2. The number of nitrogens with zero attached hydrogens (tertiary/aromatic N) is 5. The van der Waals surface area contributed by atoms with E-state index in [2.05, 4.69) is 9.98 Å². The minimum Gasteiger partial charge on any atom is -0.307 e. The Hall–Kier alpha value is -3.27. The van der Waals surface area contributed by atoms with Crippen molar-refractivity contribution in [3.8, 4) is 6.07 Å². The first-order valence-corrected chi connectivity index (χ1v) is 7.46. The van der Waals surface area contributed by atoms with Gasteiger partial charge in [0.2, 0.25) is 5.91 Å². The van der Waals surface area contributed by atoms with E-state index in [0.717, 1.165) is 0 Å². The maximum Gasteiger partial charge on any atom is 0.267 e. The summed E-state index contributed by atoms with van der Waals surface area (Å²) < 4.78 is 3.08. The Morgan fingerprint density at radius 3 is 2.75 bits per heavy atom. The van der Waals surface area contributed by atoms with Gasteiger partial charge in [0.15, 0.2) is 5.49 Å². The fourth-order valence-corrected chi connectivity index (χ4v) is 2.67. The molecule has 0 spiro atoms. The smallest absolute Gasteiger partial charge is 0.267 e. The zero-order valence-electron chi connectivity index (χ0n) is 13.5. The molecule has 0 atom stereocenters. The molecule has 3 aromatic heterocycles. The van der Waals surface area contributed by atoms with Crippen molar-refractivity contribution in [3.63, 3.8) is 0 Å². The van der Waals surface area contributed by atoms with Crippen molar-refractivity contribution >= 4 is 22.6 Å². The van der Waals surface area contributed by atoms with Crippen molar-refractivity contribution in [2.24, 2.45) is 4.99 Å². The van der Waals surface area contributed by atoms with Crippen LogP contribution in [0.15, 0.2) is 40.2 Å². The van der Waals surface area contributed by atoms with Gasteiger partial charge in [-0.3, -0.25) is 14.0 Å². The number of aromatic nitrogens is 3. The number of amides is 1. The van der Waals surface area contributed by atoms with Crippen LogP contribution in [0.1, 0.15) is 32.4 Å². The van der Waals surface area contributed by atoms with Gasteiger partial charge in [-0.2, -0.15) is 10.3 Å². The second kappa shape index (κ2) is 5.74. The zero-order chi connectivity index (χ0) is 17.4. The number of nitriles is 1. The Kier molecular flexibility index (Phi) is 3.73. The van der Waals surface area contributed by atoms with Gasteiger partial charge in [0.25, 0.3) is 5.56 Å². The summed E-state index contributed by atoms with van der Waals surface area (Å²) in [6, 6.07) is 8.58. The summed E-state index contributed by atoms with van der Waals surface area (Å²) in [5, 5.41) is 9.75. The van der Waals surface area contributed by atoms with E-state index in [9.17, 15) is 14.9 Å². The number of pyridine rings is 2. The van der Waals surface area contributed by atoms with Gasteiger partial charge in [0, 0.05) is 19.2 Å². The van der Waals surface area contributed by atoms with Crippen molar-refractivity contribution in [3.05, 3.63) is 51.9 Å². The molecule has 1 amide bonds. The molecule has 7 nitrogen and oxygen atoms in total. The lowest BCUT2D eigenvalue weighted by Crippen LogP contribution is -2.30. The van der Waals surface area contributed by atoms with Crippen molar-refractivity contribution in [2.75, 3.05) is 0 Å². The van der Waals surface area contributed by atoms with Gasteiger partial charge in [0.05, 0.1) is 10.9 Å². The summed E-state index contributed by atoms with van der Waals surface area (Å²) in [7, 11) is 0. The first kappa shape index (κ1) is 15.6. The van der Waals surface area contributed by atoms with Crippen LogP contribution in [-0.2, 0) is 4.79 Å². The third kappa shape index (κ3) is 2.38. The maximum atomic E-state index is 12.8. The summed E-state index contributed by atoms with van der Waals surface area (Å²) >= 11 is 0. The third-order valence-electron chi connectivity index (χ3n) is 3.64. The first-order valence-electron chi connectivity index (χ1n) is 7.46. The molecule has 0 bridgehead atoms. The Balaban J connectivity index is 2.67. The normalized spacial score (nSPS) is 12.0. The number of hydrogen-bond acceptors (Lipinski definition) is 4. The van der Waals surface area contributed by atoms with Gasteiger partial charge in [-0.1, -0.05) is 6.07 Å². The summed E-state index contributed by atoms with van der Waals surface area (Å²) in [4.78, 5) is 32.8. The van der Waals surface area contributed by atoms with Gasteiger partial charge >= 0.3 is 0 Å². The molecule has 0 aliphatic rings. The number of carbonyl (C=O) groups excluding carboxylic acids is 1. The molecule has 24 heavy (non-hydrogen) atoms. The van der Waals surface area contributed by atoms with Crippen LogP contribution >= 0.6 is 0 Å². The molecule has 3 heterocycles. The standard InChI is InChI=1S/C17H15N5O2/c1-10(2)22-15(19-11(3)23)12(9-18)8-13-16(22)20-14-6-4-5-7-21(14)17(13)24/h4-8,10H,1-3H3. The Labute approximate surface area is 137 Å². The highest BCUT2D eigenvalue weighted by Crippen LogP contribution is 2.14.